The highest BCUT2D eigenvalue weighted by Crippen LogP contribution is 2.32. The van der Waals surface area contributed by atoms with Gasteiger partial charge in [0.05, 0.1) is 5.54 Å². The van der Waals surface area contributed by atoms with E-state index in [1.807, 2.05) is 19.1 Å². The number of pyridine rings is 1. The lowest BCUT2D eigenvalue weighted by atomic mass is 9.85. The van der Waals surface area contributed by atoms with E-state index in [4.69, 9.17) is 0 Å². The highest BCUT2D eigenvalue weighted by Gasteiger charge is 2.46. The minimum absolute atomic E-state index is 0.0957. The molecule has 0 spiro atoms. The number of carbonyl (C=O) groups is 1. The van der Waals surface area contributed by atoms with Gasteiger partial charge in [0.25, 0.3) is 0 Å². The maximum Gasteiger partial charge on any atom is 0.240 e. The van der Waals surface area contributed by atoms with Crippen molar-refractivity contribution in [1.29, 1.82) is 0 Å². The van der Waals surface area contributed by atoms with Crippen LogP contribution in [0.3, 0.4) is 0 Å². The van der Waals surface area contributed by atoms with Gasteiger partial charge >= 0.3 is 0 Å². The monoisotopic (exact) mass is 341 g/mol. The first kappa shape index (κ1) is 17.0. The first-order chi connectivity index (χ1) is 11.6. The van der Waals surface area contributed by atoms with Crippen molar-refractivity contribution in [2.75, 3.05) is 12.8 Å². The Hall–Kier alpha value is -1.85. The van der Waals surface area contributed by atoms with Gasteiger partial charge in [-0.3, -0.25) is 14.7 Å². The molecule has 126 valence electrons. The fourth-order valence-corrected chi connectivity index (χ4v) is 3.35. The van der Waals surface area contributed by atoms with Gasteiger partial charge in [0.15, 0.2) is 0 Å². The zero-order chi connectivity index (χ0) is 17.0. The van der Waals surface area contributed by atoms with E-state index in [1.54, 1.807) is 24.2 Å². The molecule has 0 bridgehead atoms. The van der Waals surface area contributed by atoms with Crippen molar-refractivity contribution in [2.45, 2.75) is 36.9 Å². The molecule has 5 heteroatoms. The van der Waals surface area contributed by atoms with Crippen molar-refractivity contribution in [3.63, 3.8) is 0 Å². The predicted octanol–water partition coefficient (Wildman–Crippen LogP) is 3.08. The first-order valence-corrected chi connectivity index (χ1v) is 9.39. The van der Waals surface area contributed by atoms with Crippen LogP contribution in [0.1, 0.15) is 24.5 Å². The van der Waals surface area contributed by atoms with Gasteiger partial charge in [-0.2, -0.15) is 0 Å². The summed E-state index contributed by atoms with van der Waals surface area (Å²) in [6, 6.07) is 12.4. The Morgan fingerprint density at radius 3 is 2.67 bits per heavy atom. The minimum atomic E-state index is -0.416. The van der Waals surface area contributed by atoms with Gasteiger partial charge in [-0.15, -0.1) is 11.8 Å². The Bertz CT molecular complexity index is 690. The fourth-order valence-electron chi connectivity index (χ4n) is 2.94. The van der Waals surface area contributed by atoms with Crippen LogP contribution in [0.2, 0.25) is 0 Å². The number of carbonyl (C=O) groups excluding carboxylic acids is 1. The minimum Gasteiger partial charge on any atom is -0.350 e. The summed E-state index contributed by atoms with van der Waals surface area (Å²) in [5.74, 6) is 0.0957. The molecule has 1 aromatic carbocycles. The van der Waals surface area contributed by atoms with Crippen LogP contribution in [0.15, 0.2) is 53.7 Å². The molecule has 2 heterocycles. The second-order valence-corrected chi connectivity index (χ2v) is 7.22. The second kappa shape index (κ2) is 7.36. The number of benzene rings is 1. The zero-order valence-corrected chi connectivity index (χ0v) is 15.0. The summed E-state index contributed by atoms with van der Waals surface area (Å²) in [5.41, 5.74) is 1.85. The van der Waals surface area contributed by atoms with Crippen molar-refractivity contribution in [1.82, 2.24) is 15.2 Å². The molecular formula is C19H23N3OS. The van der Waals surface area contributed by atoms with E-state index in [9.17, 15) is 4.79 Å². The number of likely N-dealkylation sites (tertiary alicyclic amines) is 1. The van der Waals surface area contributed by atoms with E-state index >= 15 is 0 Å². The molecule has 1 saturated heterocycles. The average molecular weight is 341 g/mol. The Labute approximate surface area is 147 Å². The molecule has 1 amide bonds. The summed E-state index contributed by atoms with van der Waals surface area (Å²) in [6.45, 7) is 4.33. The molecule has 1 aromatic heterocycles. The van der Waals surface area contributed by atoms with Gasteiger partial charge in [-0.1, -0.05) is 18.2 Å². The van der Waals surface area contributed by atoms with Gasteiger partial charge in [-0.25, -0.2) is 0 Å². The number of hydrogen-bond acceptors (Lipinski definition) is 4. The SMILES string of the molecule is CSc1ccc(CN2CCC2(C)C(=O)NCc2cccnc2)cc1. The van der Waals surface area contributed by atoms with Gasteiger partial charge in [0.2, 0.25) is 5.91 Å². The van der Waals surface area contributed by atoms with Crippen molar-refractivity contribution in [3.8, 4) is 0 Å². The van der Waals surface area contributed by atoms with Gasteiger partial charge in [0.1, 0.15) is 0 Å². The second-order valence-electron chi connectivity index (χ2n) is 6.34. The zero-order valence-electron chi connectivity index (χ0n) is 14.2. The molecule has 2 aromatic rings. The normalized spacial score (nSPS) is 20.4. The lowest BCUT2D eigenvalue weighted by Crippen LogP contribution is -2.65. The Morgan fingerprint density at radius 1 is 1.29 bits per heavy atom. The third-order valence-corrected chi connectivity index (χ3v) is 5.51. The lowest BCUT2D eigenvalue weighted by Gasteiger charge is -2.49. The Morgan fingerprint density at radius 2 is 2.08 bits per heavy atom. The third-order valence-electron chi connectivity index (χ3n) is 4.76. The molecule has 1 aliphatic heterocycles. The van der Waals surface area contributed by atoms with Crippen molar-refractivity contribution < 1.29 is 4.79 Å². The number of hydrogen-bond donors (Lipinski definition) is 1. The first-order valence-electron chi connectivity index (χ1n) is 8.17. The van der Waals surface area contributed by atoms with E-state index < -0.39 is 5.54 Å². The molecular weight excluding hydrogens is 318 g/mol. The molecule has 1 unspecified atom stereocenters. The summed E-state index contributed by atoms with van der Waals surface area (Å²) >= 11 is 1.74. The molecule has 24 heavy (non-hydrogen) atoms. The van der Waals surface area contributed by atoms with Crippen LogP contribution in [0.4, 0.5) is 0 Å². The van der Waals surface area contributed by atoms with Gasteiger partial charge in [0, 0.05) is 36.9 Å². The molecule has 1 N–H and O–H groups in total. The predicted molar refractivity (Wildman–Crippen MR) is 97.7 cm³/mol. The fraction of sp³-hybridized carbons (Fsp3) is 0.368. The highest BCUT2D eigenvalue weighted by molar-refractivity contribution is 7.98. The van der Waals surface area contributed by atoms with Crippen LogP contribution < -0.4 is 5.32 Å². The number of amides is 1. The largest absolute Gasteiger partial charge is 0.350 e. The van der Waals surface area contributed by atoms with Gasteiger partial charge < -0.3 is 5.32 Å². The Kier molecular flexibility index (Phi) is 5.21. The summed E-state index contributed by atoms with van der Waals surface area (Å²) in [6.07, 6.45) is 6.50. The number of nitrogens with one attached hydrogen (secondary N) is 1. The molecule has 3 rings (SSSR count). The average Bonchev–Trinajstić information content (AvgIpc) is 2.64. The smallest absolute Gasteiger partial charge is 0.240 e. The third kappa shape index (κ3) is 3.62. The summed E-state index contributed by atoms with van der Waals surface area (Å²) in [4.78, 5) is 20.2. The lowest BCUT2D eigenvalue weighted by molar-refractivity contribution is -0.142. The summed E-state index contributed by atoms with van der Waals surface area (Å²) < 4.78 is 0. The molecule has 0 saturated carbocycles. The van der Waals surface area contributed by atoms with Crippen LogP contribution in [0, 0.1) is 0 Å². The standard InChI is InChI=1S/C19H23N3OS/c1-19(18(23)21-13-16-4-3-10-20-12-16)9-11-22(19)14-15-5-7-17(24-2)8-6-15/h3-8,10,12H,9,11,13-14H2,1-2H3,(H,21,23). The van der Waals surface area contributed by atoms with E-state index in [0.717, 1.165) is 25.1 Å². The van der Waals surface area contributed by atoms with Crippen molar-refractivity contribution >= 4 is 17.7 Å². The van der Waals surface area contributed by atoms with E-state index in [-0.39, 0.29) is 5.91 Å². The highest BCUT2D eigenvalue weighted by atomic mass is 32.2. The number of nitrogens with zero attached hydrogens (tertiary/aromatic N) is 2. The topological polar surface area (TPSA) is 45.2 Å². The van der Waals surface area contributed by atoms with E-state index in [1.165, 1.54) is 10.5 Å². The maximum absolute atomic E-state index is 12.6. The van der Waals surface area contributed by atoms with Crippen LogP contribution in [-0.2, 0) is 17.9 Å². The van der Waals surface area contributed by atoms with E-state index in [2.05, 4.69) is 45.7 Å². The quantitative estimate of drug-likeness (QED) is 0.820. The van der Waals surface area contributed by atoms with Crippen LogP contribution >= 0.6 is 11.8 Å². The number of aromatic nitrogens is 1. The van der Waals surface area contributed by atoms with Crippen molar-refractivity contribution in [3.05, 3.63) is 59.9 Å². The molecule has 4 nitrogen and oxygen atoms in total. The molecule has 1 atom stereocenters. The maximum atomic E-state index is 12.6. The summed E-state index contributed by atoms with van der Waals surface area (Å²) in [5, 5.41) is 3.05. The van der Waals surface area contributed by atoms with Crippen LogP contribution in [-0.4, -0.2) is 34.1 Å². The number of rotatable bonds is 6. The molecule has 0 radical (unpaired) electrons. The molecule has 1 fully saturated rings. The summed E-state index contributed by atoms with van der Waals surface area (Å²) in [7, 11) is 0. The van der Waals surface area contributed by atoms with Gasteiger partial charge in [-0.05, 0) is 48.9 Å². The van der Waals surface area contributed by atoms with Crippen LogP contribution in [0.25, 0.3) is 0 Å². The number of thioether (sulfide) groups is 1. The van der Waals surface area contributed by atoms with Crippen molar-refractivity contribution in [2.24, 2.45) is 0 Å². The van der Waals surface area contributed by atoms with E-state index in [0.29, 0.717) is 6.54 Å². The molecule has 1 aliphatic rings. The Balaban J connectivity index is 1.58. The van der Waals surface area contributed by atoms with Crippen LogP contribution in [0.5, 0.6) is 0 Å². The molecule has 0 aliphatic carbocycles.